The Labute approximate surface area is 103 Å². The predicted molar refractivity (Wildman–Crippen MR) is 68.3 cm³/mol. The molecule has 6 heteroatoms. The summed E-state index contributed by atoms with van der Waals surface area (Å²) in [6.07, 6.45) is 3.24. The van der Waals surface area contributed by atoms with E-state index in [1.807, 2.05) is 11.8 Å². The number of rotatable bonds is 4. The molecule has 1 aromatic heterocycles. The quantitative estimate of drug-likeness (QED) is 0.866. The Bertz CT molecular complexity index is 363. The summed E-state index contributed by atoms with van der Waals surface area (Å²) in [5.74, 6) is -0.0510. The van der Waals surface area contributed by atoms with Crippen LogP contribution in [-0.2, 0) is 4.79 Å². The molecule has 16 heavy (non-hydrogen) atoms. The second kappa shape index (κ2) is 5.69. The van der Waals surface area contributed by atoms with E-state index in [4.69, 9.17) is 5.73 Å². The molecule has 0 spiro atoms. The number of nitrogens with zero attached hydrogens (tertiary/aromatic N) is 2. The average Bonchev–Trinajstić information content (AvgIpc) is 2.27. The number of pyridine rings is 1. The molecule has 0 saturated heterocycles. The Balaban J connectivity index is 2.99. The van der Waals surface area contributed by atoms with Crippen LogP contribution in [0.2, 0.25) is 0 Å². The molecule has 0 bridgehead atoms. The van der Waals surface area contributed by atoms with Crippen molar-refractivity contribution < 1.29 is 4.79 Å². The zero-order valence-electron chi connectivity index (χ0n) is 9.33. The first-order chi connectivity index (χ1) is 7.60. The van der Waals surface area contributed by atoms with Crippen molar-refractivity contribution in [1.29, 1.82) is 0 Å². The third-order valence-corrected chi connectivity index (χ3v) is 2.79. The highest BCUT2D eigenvalue weighted by atomic mass is 79.9. The molecule has 0 unspecified atom stereocenters. The summed E-state index contributed by atoms with van der Waals surface area (Å²) in [6.45, 7) is 2.94. The summed E-state index contributed by atoms with van der Waals surface area (Å²) >= 11 is 3.38. The normalized spacial score (nSPS) is 9.94. The molecule has 5 nitrogen and oxygen atoms in total. The summed E-state index contributed by atoms with van der Waals surface area (Å²) < 4.78 is 0.790. The van der Waals surface area contributed by atoms with Gasteiger partial charge in [-0.05, 0) is 22.9 Å². The molecule has 3 N–H and O–H groups in total. The zero-order chi connectivity index (χ0) is 12.1. The lowest BCUT2D eigenvalue weighted by molar-refractivity contribution is -0.119. The van der Waals surface area contributed by atoms with Crippen LogP contribution in [0.4, 0.5) is 11.4 Å². The molecular formula is C10H15BrN4O. The number of likely N-dealkylation sites (N-methyl/N-ethyl adjacent to an activating group) is 2. The van der Waals surface area contributed by atoms with Crippen LogP contribution < -0.4 is 16.0 Å². The first-order valence-corrected chi connectivity index (χ1v) is 5.74. The lowest BCUT2D eigenvalue weighted by Crippen LogP contribution is -2.36. The molecule has 0 atom stereocenters. The van der Waals surface area contributed by atoms with Crippen LogP contribution in [0, 0.1) is 0 Å². The van der Waals surface area contributed by atoms with Gasteiger partial charge in [-0.25, -0.2) is 0 Å². The van der Waals surface area contributed by atoms with E-state index in [-0.39, 0.29) is 12.5 Å². The van der Waals surface area contributed by atoms with E-state index in [2.05, 4.69) is 26.2 Å². The molecule has 0 aliphatic carbocycles. The Kier molecular flexibility index (Phi) is 4.54. The van der Waals surface area contributed by atoms with Gasteiger partial charge in [0.25, 0.3) is 0 Å². The van der Waals surface area contributed by atoms with Crippen LogP contribution in [-0.4, -0.2) is 31.0 Å². The van der Waals surface area contributed by atoms with Gasteiger partial charge >= 0.3 is 0 Å². The fourth-order valence-corrected chi connectivity index (χ4v) is 1.98. The third-order valence-electron chi connectivity index (χ3n) is 2.21. The van der Waals surface area contributed by atoms with Crippen LogP contribution in [0.5, 0.6) is 0 Å². The fourth-order valence-electron chi connectivity index (χ4n) is 1.38. The number of halogens is 1. The van der Waals surface area contributed by atoms with Crippen LogP contribution >= 0.6 is 15.9 Å². The maximum Gasteiger partial charge on any atom is 0.239 e. The van der Waals surface area contributed by atoms with Gasteiger partial charge in [0, 0.05) is 19.8 Å². The Morgan fingerprint density at radius 2 is 2.31 bits per heavy atom. The smallest absolute Gasteiger partial charge is 0.239 e. The van der Waals surface area contributed by atoms with Crippen LogP contribution in [0.15, 0.2) is 16.9 Å². The van der Waals surface area contributed by atoms with Gasteiger partial charge in [0.15, 0.2) is 0 Å². The van der Waals surface area contributed by atoms with Gasteiger partial charge in [0.05, 0.1) is 28.6 Å². The summed E-state index contributed by atoms with van der Waals surface area (Å²) in [4.78, 5) is 17.2. The minimum atomic E-state index is -0.0510. The van der Waals surface area contributed by atoms with E-state index in [9.17, 15) is 4.79 Å². The van der Waals surface area contributed by atoms with Crippen LogP contribution in [0.3, 0.4) is 0 Å². The maximum atomic E-state index is 11.4. The number of aromatic nitrogens is 1. The van der Waals surface area contributed by atoms with Crippen molar-refractivity contribution >= 4 is 33.2 Å². The summed E-state index contributed by atoms with van der Waals surface area (Å²) in [5.41, 5.74) is 7.21. The lowest BCUT2D eigenvalue weighted by Gasteiger charge is -2.24. The van der Waals surface area contributed by atoms with Gasteiger partial charge in [-0.3, -0.25) is 9.78 Å². The van der Waals surface area contributed by atoms with Crippen molar-refractivity contribution in [1.82, 2.24) is 10.3 Å². The van der Waals surface area contributed by atoms with E-state index in [0.717, 1.165) is 10.2 Å². The minimum Gasteiger partial charge on any atom is -0.396 e. The molecule has 0 aliphatic heterocycles. The topological polar surface area (TPSA) is 71.2 Å². The summed E-state index contributed by atoms with van der Waals surface area (Å²) in [6, 6.07) is 0. The van der Waals surface area contributed by atoms with Crippen molar-refractivity contribution in [2.24, 2.45) is 0 Å². The highest BCUT2D eigenvalue weighted by Crippen LogP contribution is 2.30. The van der Waals surface area contributed by atoms with Gasteiger partial charge in [-0.1, -0.05) is 0 Å². The van der Waals surface area contributed by atoms with Crippen molar-refractivity contribution in [2.45, 2.75) is 6.92 Å². The molecule has 0 saturated carbocycles. The van der Waals surface area contributed by atoms with Gasteiger partial charge in [0.1, 0.15) is 0 Å². The number of nitrogens with two attached hydrogens (primary N) is 1. The van der Waals surface area contributed by atoms with Gasteiger partial charge < -0.3 is 16.0 Å². The molecule has 1 rings (SSSR count). The van der Waals surface area contributed by atoms with E-state index >= 15 is 0 Å². The van der Waals surface area contributed by atoms with Crippen molar-refractivity contribution in [2.75, 3.05) is 30.8 Å². The molecule has 0 fully saturated rings. The standard InChI is InChI=1S/C10H15BrN4O/c1-3-15(6-9(16)13-2)10-7(11)4-14-5-8(10)12/h4-5H,3,6,12H2,1-2H3,(H,13,16). The van der Waals surface area contributed by atoms with Crippen molar-refractivity contribution in [3.8, 4) is 0 Å². The van der Waals surface area contributed by atoms with Gasteiger partial charge in [-0.15, -0.1) is 0 Å². The highest BCUT2D eigenvalue weighted by Gasteiger charge is 2.14. The molecule has 1 amide bonds. The van der Waals surface area contributed by atoms with Gasteiger partial charge in [0.2, 0.25) is 5.91 Å². The molecule has 88 valence electrons. The predicted octanol–water partition coefficient (Wildman–Crippen LogP) is 0.999. The molecule has 0 aromatic carbocycles. The number of anilines is 2. The monoisotopic (exact) mass is 286 g/mol. The molecule has 0 radical (unpaired) electrons. The minimum absolute atomic E-state index is 0.0510. The molecule has 1 aromatic rings. The Morgan fingerprint density at radius 1 is 1.62 bits per heavy atom. The number of carbonyl (C=O) groups is 1. The van der Waals surface area contributed by atoms with Crippen LogP contribution in [0.25, 0.3) is 0 Å². The third kappa shape index (κ3) is 2.85. The Hall–Kier alpha value is -1.30. The SMILES string of the molecule is CCN(CC(=O)NC)c1c(N)cncc1Br. The fraction of sp³-hybridized carbons (Fsp3) is 0.400. The summed E-state index contributed by atoms with van der Waals surface area (Å²) in [5, 5.41) is 2.59. The molecule has 1 heterocycles. The maximum absolute atomic E-state index is 11.4. The number of hydrogen-bond donors (Lipinski definition) is 2. The number of nitrogen functional groups attached to an aromatic ring is 1. The van der Waals surface area contributed by atoms with Crippen LogP contribution in [0.1, 0.15) is 6.92 Å². The first-order valence-electron chi connectivity index (χ1n) is 4.94. The number of nitrogens with one attached hydrogen (secondary N) is 1. The van der Waals surface area contributed by atoms with E-state index < -0.39 is 0 Å². The number of amides is 1. The largest absolute Gasteiger partial charge is 0.396 e. The average molecular weight is 287 g/mol. The van der Waals surface area contributed by atoms with Crippen molar-refractivity contribution in [3.63, 3.8) is 0 Å². The zero-order valence-corrected chi connectivity index (χ0v) is 10.9. The number of hydrogen-bond acceptors (Lipinski definition) is 4. The Morgan fingerprint density at radius 3 is 2.81 bits per heavy atom. The molecular weight excluding hydrogens is 272 g/mol. The van der Waals surface area contributed by atoms with Gasteiger partial charge in [-0.2, -0.15) is 0 Å². The second-order valence-electron chi connectivity index (χ2n) is 3.25. The summed E-state index contributed by atoms with van der Waals surface area (Å²) in [7, 11) is 1.61. The van der Waals surface area contributed by atoms with E-state index in [0.29, 0.717) is 12.2 Å². The molecule has 0 aliphatic rings. The first kappa shape index (κ1) is 12.8. The lowest BCUT2D eigenvalue weighted by atomic mass is 10.3. The number of carbonyl (C=O) groups excluding carboxylic acids is 1. The van der Waals surface area contributed by atoms with E-state index in [1.54, 1.807) is 19.4 Å². The highest BCUT2D eigenvalue weighted by molar-refractivity contribution is 9.10. The van der Waals surface area contributed by atoms with Crippen molar-refractivity contribution in [3.05, 3.63) is 16.9 Å². The van der Waals surface area contributed by atoms with E-state index in [1.165, 1.54) is 0 Å². The second-order valence-corrected chi connectivity index (χ2v) is 4.10.